The van der Waals surface area contributed by atoms with Crippen LogP contribution in [0.4, 0.5) is 4.39 Å². The topological polar surface area (TPSA) is 44.0 Å². The second-order valence-electron chi connectivity index (χ2n) is 5.68. The van der Waals surface area contributed by atoms with Crippen molar-refractivity contribution in [3.8, 4) is 6.07 Å². The monoisotopic (exact) mass is 295 g/mol. The van der Waals surface area contributed by atoms with Gasteiger partial charge in [0.2, 0.25) is 0 Å². The Bertz CT molecular complexity index is 507. The molecule has 20 heavy (non-hydrogen) atoms. The maximum Gasteiger partial charge on any atom is 0.130 e. The molecule has 1 aromatic carbocycles. The molecule has 0 spiro atoms. The van der Waals surface area contributed by atoms with Crippen molar-refractivity contribution >= 4 is 11.6 Å². The van der Waals surface area contributed by atoms with Crippen molar-refractivity contribution in [2.75, 3.05) is 0 Å². The first-order chi connectivity index (χ1) is 9.54. The molecule has 0 radical (unpaired) electrons. The fourth-order valence-electron chi connectivity index (χ4n) is 3.23. The Balaban J connectivity index is 2.39. The fraction of sp³-hybridized carbons (Fsp3) is 0.562. The molecule has 1 aliphatic rings. The molecule has 3 atom stereocenters. The van der Waals surface area contributed by atoms with Crippen molar-refractivity contribution in [1.82, 2.24) is 0 Å². The molecule has 1 N–H and O–H groups in total. The molecule has 0 aromatic heterocycles. The molecule has 2 rings (SSSR count). The van der Waals surface area contributed by atoms with Crippen LogP contribution >= 0.6 is 11.6 Å². The van der Waals surface area contributed by atoms with Crippen molar-refractivity contribution in [2.45, 2.75) is 45.1 Å². The Hall–Kier alpha value is -1.11. The smallest absolute Gasteiger partial charge is 0.130 e. The SMILES string of the molecule is CCC1CCCC(C#N)(C(O)c2c(F)cccc2Cl)C1. The van der Waals surface area contributed by atoms with E-state index in [-0.39, 0.29) is 10.6 Å². The lowest BCUT2D eigenvalue weighted by molar-refractivity contribution is 0.0163. The average Bonchev–Trinajstić information content (AvgIpc) is 2.46. The largest absolute Gasteiger partial charge is 0.387 e. The summed E-state index contributed by atoms with van der Waals surface area (Å²) in [5, 5.41) is 20.4. The van der Waals surface area contributed by atoms with Crippen LogP contribution in [-0.4, -0.2) is 5.11 Å². The van der Waals surface area contributed by atoms with E-state index >= 15 is 0 Å². The van der Waals surface area contributed by atoms with Gasteiger partial charge >= 0.3 is 0 Å². The van der Waals surface area contributed by atoms with Gasteiger partial charge in [-0.05, 0) is 30.9 Å². The van der Waals surface area contributed by atoms with E-state index in [1.54, 1.807) is 6.07 Å². The molecule has 1 fully saturated rings. The number of benzene rings is 1. The summed E-state index contributed by atoms with van der Waals surface area (Å²) in [4.78, 5) is 0. The molecule has 2 nitrogen and oxygen atoms in total. The molecule has 0 heterocycles. The second kappa shape index (κ2) is 6.11. The molecule has 0 bridgehead atoms. The van der Waals surface area contributed by atoms with E-state index in [0.29, 0.717) is 18.8 Å². The second-order valence-corrected chi connectivity index (χ2v) is 6.08. The summed E-state index contributed by atoms with van der Waals surface area (Å²) in [6.07, 6.45) is 2.95. The van der Waals surface area contributed by atoms with Gasteiger partial charge in [0.25, 0.3) is 0 Å². The number of rotatable bonds is 3. The van der Waals surface area contributed by atoms with Gasteiger partial charge in [0, 0.05) is 10.6 Å². The van der Waals surface area contributed by atoms with Crippen LogP contribution in [0.2, 0.25) is 5.02 Å². The van der Waals surface area contributed by atoms with Crippen molar-refractivity contribution < 1.29 is 9.50 Å². The van der Waals surface area contributed by atoms with Gasteiger partial charge in [0.05, 0.1) is 11.5 Å². The van der Waals surface area contributed by atoms with Crippen molar-refractivity contribution in [3.63, 3.8) is 0 Å². The molecule has 0 aliphatic heterocycles. The van der Waals surface area contributed by atoms with Gasteiger partial charge in [-0.15, -0.1) is 0 Å². The standard InChI is InChI=1S/C16H19ClFNO/c1-2-11-5-4-8-16(9-11,10-19)15(20)14-12(17)6-3-7-13(14)18/h3,6-7,11,15,20H,2,4-5,8-9H2,1H3. The van der Waals surface area contributed by atoms with Gasteiger partial charge in [0.1, 0.15) is 11.9 Å². The minimum atomic E-state index is -1.17. The first-order valence-corrected chi connectivity index (χ1v) is 7.45. The van der Waals surface area contributed by atoms with Gasteiger partial charge in [-0.1, -0.05) is 43.9 Å². The maximum atomic E-state index is 14.0. The van der Waals surface area contributed by atoms with Gasteiger partial charge in [0.15, 0.2) is 0 Å². The highest BCUT2D eigenvalue weighted by atomic mass is 35.5. The van der Waals surface area contributed by atoms with Crippen LogP contribution in [0.1, 0.15) is 50.7 Å². The highest BCUT2D eigenvalue weighted by Crippen LogP contribution is 2.49. The van der Waals surface area contributed by atoms with Gasteiger partial charge in [-0.2, -0.15) is 5.26 Å². The summed E-state index contributed by atoms with van der Waals surface area (Å²) in [7, 11) is 0. The zero-order chi connectivity index (χ0) is 14.8. The molecular weight excluding hydrogens is 277 g/mol. The third-order valence-electron chi connectivity index (χ3n) is 4.48. The summed E-state index contributed by atoms with van der Waals surface area (Å²) in [5.41, 5.74) is -0.863. The number of halogens is 2. The molecule has 0 saturated heterocycles. The highest BCUT2D eigenvalue weighted by molar-refractivity contribution is 6.31. The minimum Gasteiger partial charge on any atom is -0.387 e. The first-order valence-electron chi connectivity index (χ1n) is 7.07. The number of hydrogen-bond acceptors (Lipinski definition) is 2. The normalized spacial score (nSPS) is 27.9. The van der Waals surface area contributed by atoms with Crippen molar-refractivity contribution in [1.29, 1.82) is 5.26 Å². The van der Waals surface area contributed by atoms with Crippen molar-refractivity contribution in [3.05, 3.63) is 34.6 Å². The number of nitriles is 1. The summed E-state index contributed by atoms with van der Waals surface area (Å²) in [5.74, 6) is -0.137. The number of nitrogens with zero attached hydrogens (tertiary/aromatic N) is 1. The molecule has 108 valence electrons. The average molecular weight is 296 g/mol. The Labute approximate surface area is 124 Å². The Morgan fingerprint density at radius 3 is 2.95 bits per heavy atom. The van der Waals surface area contributed by atoms with Crippen LogP contribution < -0.4 is 0 Å². The zero-order valence-corrected chi connectivity index (χ0v) is 12.3. The van der Waals surface area contributed by atoms with E-state index < -0.39 is 17.3 Å². The van der Waals surface area contributed by atoms with E-state index in [4.69, 9.17) is 11.6 Å². The van der Waals surface area contributed by atoms with E-state index in [9.17, 15) is 14.8 Å². The molecule has 3 unspecified atom stereocenters. The maximum absolute atomic E-state index is 14.0. The Morgan fingerprint density at radius 2 is 2.35 bits per heavy atom. The number of aliphatic hydroxyl groups is 1. The highest BCUT2D eigenvalue weighted by Gasteiger charge is 2.44. The Morgan fingerprint density at radius 1 is 1.60 bits per heavy atom. The molecule has 1 aromatic rings. The molecule has 0 amide bonds. The third kappa shape index (κ3) is 2.68. The number of hydrogen-bond donors (Lipinski definition) is 1. The summed E-state index contributed by atoms with van der Waals surface area (Å²) < 4.78 is 14.0. The zero-order valence-electron chi connectivity index (χ0n) is 11.6. The molecule has 4 heteroatoms. The third-order valence-corrected chi connectivity index (χ3v) is 4.81. The van der Waals surface area contributed by atoms with Crippen LogP contribution in [0, 0.1) is 28.5 Å². The predicted molar refractivity (Wildman–Crippen MR) is 76.7 cm³/mol. The summed E-state index contributed by atoms with van der Waals surface area (Å²) in [6.45, 7) is 2.08. The van der Waals surface area contributed by atoms with E-state index in [0.717, 1.165) is 19.3 Å². The van der Waals surface area contributed by atoms with Crippen LogP contribution in [0.3, 0.4) is 0 Å². The summed E-state index contributed by atoms with van der Waals surface area (Å²) in [6, 6.07) is 6.59. The van der Waals surface area contributed by atoms with E-state index in [2.05, 4.69) is 13.0 Å². The van der Waals surface area contributed by atoms with Gasteiger partial charge in [-0.25, -0.2) is 4.39 Å². The van der Waals surface area contributed by atoms with Crippen LogP contribution in [0.25, 0.3) is 0 Å². The Kier molecular flexibility index (Phi) is 4.67. The minimum absolute atomic E-state index is 0.0625. The lowest BCUT2D eigenvalue weighted by atomic mass is 9.65. The quantitative estimate of drug-likeness (QED) is 0.884. The lowest BCUT2D eigenvalue weighted by Crippen LogP contribution is -2.34. The molecule has 1 saturated carbocycles. The summed E-state index contributed by atoms with van der Waals surface area (Å²) >= 11 is 6.02. The fourth-order valence-corrected chi connectivity index (χ4v) is 3.50. The lowest BCUT2D eigenvalue weighted by Gasteiger charge is -2.39. The van der Waals surface area contributed by atoms with Gasteiger partial charge < -0.3 is 5.11 Å². The molecule has 1 aliphatic carbocycles. The van der Waals surface area contributed by atoms with Crippen LogP contribution in [0.5, 0.6) is 0 Å². The van der Waals surface area contributed by atoms with Gasteiger partial charge in [-0.3, -0.25) is 0 Å². The van der Waals surface area contributed by atoms with Crippen LogP contribution in [0.15, 0.2) is 18.2 Å². The van der Waals surface area contributed by atoms with E-state index in [1.807, 2.05) is 0 Å². The van der Waals surface area contributed by atoms with Crippen LogP contribution in [-0.2, 0) is 0 Å². The van der Waals surface area contributed by atoms with Crippen molar-refractivity contribution in [2.24, 2.45) is 11.3 Å². The molecular formula is C16H19ClFNO. The predicted octanol–water partition coefficient (Wildman–Crippen LogP) is 4.62. The van der Waals surface area contributed by atoms with E-state index in [1.165, 1.54) is 12.1 Å². The number of aliphatic hydroxyl groups excluding tert-OH is 1. The first kappa shape index (κ1) is 15.3.